The summed E-state index contributed by atoms with van der Waals surface area (Å²) in [5.74, 6) is 6.97. The average molecular weight is 1110 g/mol. The minimum atomic E-state index is -4.61. The number of piperazine rings is 1. The molecule has 4 aliphatic heterocycles. The number of carbonyl (C=O) groups excluding carboxylic acids is 3. The van der Waals surface area contributed by atoms with Gasteiger partial charge in [0.25, 0.3) is 5.82 Å². The van der Waals surface area contributed by atoms with E-state index in [0.717, 1.165) is 88.9 Å². The van der Waals surface area contributed by atoms with E-state index in [1.54, 1.807) is 16.2 Å². The van der Waals surface area contributed by atoms with Crippen molar-refractivity contribution in [1.82, 2.24) is 50.2 Å². The molecule has 0 aliphatic carbocycles. The third kappa shape index (κ3) is 14.7. The monoisotopic (exact) mass is 1100 g/mol. The quantitative estimate of drug-likeness (QED) is 0.0713. The first-order chi connectivity index (χ1) is 38.0. The van der Waals surface area contributed by atoms with Crippen LogP contribution in [0.1, 0.15) is 105 Å². The lowest BCUT2D eigenvalue weighted by Gasteiger charge is -2.35. The smallest absolute Gasteiger partial charge is 0.379 e. The molecule has 3 amide bonds. The lowest BCUT2D eigenvalue weighted by Crippen LogP contribution is -2.57. The summed E-state index contributed by atoms with van der Waals surface area (Å²) in [6.07, 6.45) is 0.523. The molecule has 7 heterocycles. The second kappa shape index (κ2) is 25.6. The van der Waals surface area contributed by atoms with Gasteiger partial charge in [0.1, 0.15) is 23.7 Å². The second-order valence-corrected chi connectivity index (χ2v) is 22.9. The molecule has 79 heavy (non-hydrogen) atoms. The van der Waals surface area contributed by atoms with E-state index in [2.05, 4.69) is 69.6 Å². The standard InChI is InChI=1S/C58H71F3N12O5S/c1-39-34-47(54(75)63-36-43-10-15-46(16-11-43)52-40(2)64-38-79-52)72(37-39)55(76)53(57(3,4)5)65-51(74)22-30-77-32-33-78-31-29-69-25-27-71(28-26-69)48-17-12-42(35-62-48)7-6-41-8-13-44(14-9-41)45-20-23-70(24-21-45)50-19-18-49-66-67-56(58(59,60)61)73(49)68-50/h8-17,35,38-39,45,47,53H,18-34,36-37H2,1-5H3,(H,63,75)(H,65,74)/t39?,47-,53+/m0/s1. The number of aromatic nitrogens is 5. The number of thiazole rings is 1. The van der Waals surface area contributed by atoms with Gasteiger partial charge in [0.15, 0.2) is 5.82 Å². The first kappa shape index (κ1) is 57.0. The normalized spacial score (nSPS) is 18.6. The van der Waals surface area contributed by atoms with E-state index in [4.69, 9.17) is 14.5 Å². The van der Waals surface area contributed by atoms with Crippen LogP contribution in [0.3, 0.4) is 0 Å². The van der Waals surface area contributed by atoms with Crippen molar-refractivity contribution in [1.29, 1.82) is 0 Å². The van der Waals surface area contributed by atoms with Crippen LogP contribution in [0.25, 0.3) is 10.4 Å². The number of nitrogens with one attached hydrogen (secondary N) is 2. The van der Waals surface area contributed by atoms with E-state index in [1.807, 2.05) is 94.9 Å². The lowest BCUT2D eigenvalue weighted by molar-refractivity contribution is -0.147. The van der Waals surface area contributed by atoms with Crippen molar-refractivity contribution < 1.29 is 37.0 Å². The summed E-state index contributed by atoms with van der Waals surface area (Å²) in [7, 11) is 0. The number of piperidine rings is 1. The molecular formula is C58H71F3N12O5S. The van der Waals surface area contributed by atoms with Gasteiger partial charge in [0.2, 0.25) is 17.7 Å². The van der Waals surface area contributed by atoms with Crippen molar-refractivity contribution in [2.24, 2.45) is 16.4 Å². The predicted molar refractivity (Wildman–Crippen MR) is 296 cm³/mol. The molecule has 1 unspecified atom stereocenters. The lowest BCUT2D eigenvalue weighted by atomic mass is 9.85. The Morgan fingerprint density at radius 3 is 2.20 bits per heavy atom. The van der Waals surface area contributed by atoms with Crippen LogP contribution in [0.5, 0.6) is 0 Å². The van der Waals surface area contributed by atoms with Gasteiger partial charge in [0, 0.05) is 95.5 Å². The summed E-state index contributed by atoms with van der Waals surface area (Å²) >= 11 is 1.60. The molecule has 0 radical (unpaired) electrons. The van der Waals surface area contributed by atoms with Gasteiger partial charge in [-0.15, -0.1) is 21.5 Å². The van der Waals surface area contributed by atoms with E-state index in [-0.39, 0.29) is 42.5 Å². The molecule has 3 aromatic heterocycles. The molecule has 3 saturated heterocycles. The number of ether oxygens (including phenoxy) is 2. The minimum absolute atomic E-state index is 0.0908. The van der Waals surface area contributed by atoms with Gasteiger partial charge in [-0.2, -0.15) is 22.9 Å². The van der Waals surface area contributed by atoms with Crippen LogP contribution in [0.2, 0.25) is 0 Å². The Labute approximate surface area is 464 Å². The summed E-state index contributed by atoms with van der Waals surface area (Å²) < 4.78 is 52.7. The van der Waals surface area contributed by atoms with Crippen molar-refractivity contribution in [2.75, 3.05) is 83.7 Å². The highest BCUT2D eigenvalue weighted by atomic mass is 32.1. The maximum Gasteiger partial charge on any atom is 0.453 e. The van der Waals surface area contributed by atoms with E-state index < -0.39 is 29.5 Å². The zero-order valence-electron chi connectivity index (χ0n) is 45.7. The fourth-order valence-electron chi connectivity index (χ4n) is 10.6. The summed E-state index contributed by atoms with van der Waals surface area (Å²) in [6, 6.07) is 19.0. The maximum atomic E-state index is 14.1. The number of alkyl halides is 3. The molecule has 0 bridgehead atoms. The van der Waals surface area contributed by atoms with Gasteiger partial charge in [0.05, 0.1) is 42.5 Å². The molecule has 3 fully saturated rings. The number of pyridine rings is 1. The largest absolute Gasteiger partial charge is 0.453 e. The Morgan fingerprint density at radius 2 is 1.53 bits per heavy atom. The number of anilines is 1. The topological polar surface area (TPSA) is 176 Å². The number of likely N-dealkylation sites (tertiary alicyclic amines) is 2. The molecule has 3 atom stereocenters. The van der Waals surface area contributed by atoms with E-state index >= 15 is 0 Å². The molecular weight excluding hydrogens is 1030 g/mol. The van der Waals surface area contributed by atoms with Crippen LogP contribution in [0, 0.1) is 30.1 Å². The molecule has 0 saturated carbocycles. The van der Waals surface area contributed by atoms with Gasteiger partial charge < -0.3 is 34.8 Å². The van der Waals surface area contributed by atoms with Crippen molar-refractivity contribution in [3.05, 3.63) is 112 Å². The number of amides is 3. The number of fused-ring (bicyclic) bond motifs is 1. The Kier molecular flexibility index (Phi) is 18.5. The maximum absolute atomic E-state index is 14.1. The number of aryl methyl sites for hydroxylation is 2. The fraction of sp³-hybridized carbons (Fsp3) is 0.517. The van der Waals surface area contributed by atoms with Crippen molar-refractivity contribution in [2.45, 2.75) is 104 Å². The molecule has 2 aromatic carbocycles. The molecule has 17 nitrogen and oxygen atoms in total. The van der Waals surface area contributed by atoms with Crippen molar-refractivity contribution >= 4 is 40.7 Å². The molecule has 21 heteroatoms. The number of carbonyl (C=O) groups is 3. The number of benzene rings is 2. The van der Waals surface area contributed by atoms with Crippen LogP contribution in [-0.4, -0.2) is 154 Å². The molecule has 0 spiro atoms. The van der Waals surface area contributed by atoms with E-state index in [1.165, 1.54) is 5.56 Å². The van der Waals surface area contributed by atoms with E-state index in [9.17, 15) is 27.6 Å². The highest BCUT2D eigenvalue weighted by molar-refractivity contribution is 7.13. The van der Waals surface area contributed by atoms with Crippen LogP contribution < -0.4 is 15.5 Å². The van der Waals surface area contributed by atoms with Gasteiger partial charge in [-0.1, -0.05) is 75.9 Å². The van der Waals surface area contributed by atoms with E-state index in [0.29, 0.717) is 77.0 Å². The Hall–Kier alpha value is -6.73. The average Bonchev–Trinajstić information content (AvgIpc) is 4.37. The summed E-state index contributed by atoms with van der Waals surface area (Å²) in [5, 5.41) is 17.3. The highest BCUT2D eigenvalue weighted by Gasteiger charge is 2.44. The third-order valence-electron chi connectivity index (χ3n) is 15.1. The zero-order chi connectivity index (χ0) is 55.7. The first-order valence-electron chi connectivity index (χ1n) is 27.4. The predicted octanol–water partition coefficient (Wildman–Crippen LogP) is 7.14. The van der Waals surface area contributed by atoms with Crippen LogP contribution in [0.15, 0.2) is 77.5 Å². The number of halogens is 3. The summed E-state index contributed by atoms with van der Waals surface area (Å²) in [6.45, 7) is 17.7. The molecule has 4 aliphatic rings. The minimum Gasteiger partial charge on any atom is -0.379 e. The summed E-state index contributed by atoms with van der Waals surface area (Å²) in [4.78, 5) is 59.4. The fourth-order valence-corrected chi connectivity index (χ4v) is 11.4. The molecule has 420 valence electrons. The molecule has 9 rings (SSSR count). The Balaban J connectivity index is 0.628. The molecule has 5 aromatic rings. The van der Waals surface area contributed by atoms with Gasteiger partial charge in [-0.3, -0.25) is 19.3 Å². The van der Waals surface area contributed by atoms with Crippen molar-refractivity contribution in [3.63, 3.8) is 0 Å². The zero-order valence-corrected chi connectivity index (χ0v) is 46.5. The van der Waals surface area contributed by atoms with Gasteiger partial charge in [-0.25, -0.2) is 9.97 Å². The number of rotatable bonds is 17. The highest BCUT2D eigenvalue weighted by Crippen LogP contribution is 2.33. The van der Waals surface area contributed by atoms with Gasteiger partial charge in [-0.05, 0) is 84.4 Å². The Morgan fingerprint density at radius 1 is 0.823 bits per heavy atom. The van der Waals surface area contributed by atoms with Crippen LogP contribution in [-0.2, 0) is 43.0 Å². The number of hydrogen-bond donors (Lipinski definition) is 2. The second-order valence-electron chi connectivity index (χ2n) is 22.0. The molecule has 2 N–H and O–H groups in total. The van der Waals surface area contributed by atoms with Gasteiger partial charge >= 0.3 is 6.18 Å². The van der Waals surface area contributed by atoms with Crippen LogP contribution >= 0.6 is 11.3 Å². The van der Waals surface area contributed by atoms with Crippen molar-refractivity contribution in [3.8, 4) is 22.3 Å². The number of hydrogen-bond acceptors (Lipinski definition) is 14. The third-order valence-corrected chi connectivity index (χ3v) is 16.1. The Bertz CT molecular complexity index is 2970. The summed E-state index contributed by atoms with van der Waals surface area (Å²) in [5.41, 5.74) is 7.24. The number of nitrogens with zero attached hydrogens (tertiary/aromatic N) is 10. The number of amidine groups is 1. The van der Waals surface area contributed by atoms with Crippen LogP contribution in [0.4, 0.5) is 19.0 Å². The SMILES string of the molecule is Cc1ncsc1-c1ccc(CNC(=O)[C@@H]2CC(C)CN2C(=O)[C@@H](NC(=O)CCOCCOCCN2CCN(c3ccc(C#Cc4ccc(C5CCN(C6=Nn7c(nnc7C(F)(F)F)CC6)CC5)cc4)cn3)CC2)C(C)(C)C)cc1. The first-order valence-corrected chi connectivity index (χ1v) is 28.3.